The molecule has 0 heterocycles. The van der Waals surface area contributed by atoms with Crippen LogP contribution in [0, 0.1) is 0 Å². The van der Waals surface area contributed by atoms with Gasteiger partial charge in [-0.2, -0.15) is 0 Å². The normalized spacial score (nSPS) is 11.7. The fourth-order valence-electron chi connectivity index (χ4n) is 4.36. The first-order valence-corrected chi connectivity index (χ1v) is 20.1. The van der Waals surface area contributed by atoms with Crippen LogP contribution in [0.2, 0.25) is 0 Å². The number of aliphatic hydroxyl groups excluding tert-OH is 1. The summed E-state index contributed by atoms with van der Waals surface area (Å²) in [7, 11) is 0. The van der Waals surface area contributed by atoms with Crippen molar-refractivity contribution in [2.75, 3.05) is 192 Å². The highest BCUT2D eigenvalue weighted by Crippen LogP contribution is 2.08. The minimum Gasteiger partial charge on any atom is -0.394 e. The van der Waals surface area contributed by atoms with E-state index in [4.69, 9.17) is 71.4 Å². The van der Waals surface area contributed by atoms with Gasteiger partial charge in [0.05, 0.1) is 185 Å². The van der Waals surface area contributed by atoms with Crippen LogP contribution in [-0.4, -0.2) is 197 Å². The molecule has 0 aromatic heterocycles. The maximum absolute atomic E-state index is 8.59. The van der Waals surface area contributed by atoms with E-state index in [9.17, 15) is 0 Å². The molecule has 0 saturated carbocycles. The highest BCUT2D eigenvalue weighted by Gasteiger charge is 1.98. The molecule has 0 saturated heterocycles. The van der Waals surface area contributed by atoms with Crippen molar-refractivity contribution in [3.8, 4) is 0 Å². The Balaban J connectivity index is 3.05. The van der Waals surface area contributed by atoms with Gasteiger partial charge < -0.3 is 71.4 Å². The fraction of sp³-hybridized carbons (Fsp3) is 1.00. The van der Waals surface area contributed by atoms with Crippen molar-refractivity contribution in [2.45, 2.75) is 58.3 Å². The summed E-state index contributed by atoms with van der Waals surface area (Å²) in [4.78, 5) is 0. The van der Waals surface area contributed by atoms with E-state index in [0.29, 0.717) is 178 Å². The molecule has 0 amide bonds. The lowest BCUT2D eigenvalue weighted by atomic mass is 10.1. The van der Waals surface area contributed by atoms with E-state index in [0.717, 1.165) is 13.0 Å². The molecule has 0 aliphatic heterocycles. The SMILES string of the molecule is CCCCCCCCCCOCCOCCOCCOCCOCCOCCOCCOCCOCCOCCOCCOCCOCCOCCO. The van der Waals surface area contributed by atoms with E-state index in [-0.39, 0.29) is 6.61 Å². The van der Waals surface area contributed by atoms with E-state index in [2.05, 4.69) is 6.92 Å². The van der Waals surface area contributed by atoms with Crippen LogP contribution in [-0.2, 0) is 66.3 Å². The molecule has 0 radical (unpaired) electrons. The molecule has 0 fully saturated rings. The van der Waals surface area contributed by atoms with Crippen molar-refractivity contribution in [1.29, 1.82) is 0 Å². The predicted molar refractivity (Wildman–Crippen MR) is 201 cm³/mol. The second kappa shape index (κ2) is 51.4. The Hall–Kier alpha value is -0.600. The maximum Gasteiger partial charge on any atom is 0.0701 e. The van der Waals surface area contributed by atoms with Gasteiger partial charge in [-0.3, -0.25) is 0 Å². The molecule has 15 nitrogen and oxygen atoms in total. The number of unbranched alkanes of at least 4 members (excludes halogenated alkanes) is 7. The molecule has 1 N–H and O–H groups in total. The number of hydrogen-bond donors (Lipinski definition) is 1. The zero-order valence-corrected chi connectivity index (χ0v) is 33.3. The van der Waals surface area contributed by atoms with Gasteiger partial charge >= 0.3 is 0 Å². The average molecular weight is 775 g/mol. The number of hydrogen-bond acceptors (Lipinski definition) is 15. The van der Waals surface area contributed by atoms with Crippen molar-refractivity contribution in [3.05, 3.63) is 0 Å². The van der Waals surface area contributed by atoms with Crippen LogP contribution in [0.3, 0.4) is 0 Å². The van der Waals surface area contributed by atoms with Crippen molar-refractivity contribution in [3.63, 3.8) is 0 Å². The molecule has 0 unspecified atom stereocenters. The summed E-state index contributed by atoms with van der Waals surface area (Å²) in [6.45, 7) is 17.0. The van der Waals surface area contributed by atoms with Gasteiger partial charge in [-0.05, 0) is 6.42 Å². The predicted octanol–water partition coefficient (Wildman–Crippen LogP) is 3.35. The lowest BCUT2D eigenvalue weighted by Gasteiger charge is -2.09. The van der Waals surface area contributed by atoms with Gasteiger partial charge in [-0.25, -0.2) is 0 Å². The van der Waals surface area contributed by atoms with Gasteiger partial charge in [0.1, 0.15) is 0 Å². The topological polar surface area (TPSA) is 149 Å². The zero-order valence-electron chi connectivity index (χ0n) is 33.3. The summed E-state index contributed by atoms with van der Waals surface area (Å²) >= 11 is 0. The van der Waals surface area contributed by atoms with Crippen molar-refractivity contribution >= 4 is 0 Å². The molecule has 53 heavy (non-hydrogen) atoms. The first kappa shape index (κ1) is 52.4. The zero-order chi connectivity index (χ0) is 38.1. The summed E-state index contributed by atoms with van der Waals surface area (Å²) in [6.07, 6.45) is 10.5. The molecular formula is C38H78O15. The molecule has 0 rings (SSSR count). The lowest BCUT2D eigenvalue weighted by molar-refractivity contribution is -0.0297. The lowest BCUT2D eigenvalue weighted by Crippen LogP contribution is -2.15. The third-order valence-electron chi connectivity index (χ3n) is 7.21. The Morgan fingerprint density at radius 3 is 0.585 bits per heavy atom. The molecule has 0 atom stereocenters. The largest absolute Gasteiger partial charge is 0.394 e. The quantitative estimate of drug-likeness (QED) is 0.0900. The average Bonchev–Trinajstić information content (AvgIpc) is 3.17. The van der Waals surface area contributed by atoms with Crippen molar-refractivity contribution in [2.24, 2.45) is 0 Å². The second-order valence-electron chi connectivity index (χ2n) is 11.8. The summed E-state index contributed by atoms with van der Waals surface area (Å²) in [5.41, 5.74) is 0. The number of ether oxygens (including phenoxy) is 14. The van der Waals surface area contributed by atoms with E-state index in [1.54, 1.807) is 0 Å². The van der Waals surface area contributed by atoms with Gasteiger partial charge in [0.15, 0.2) is 0 Å². The Labute approximate surface area is 321 Å². The van der Waals surface area contributed by atoms with Gasteiger partial charge in [0.25, 0.3) is 0 Å². The molecule has 0 spiro atoms. The third kappa shape index (κ3) is 51.4. The van der Waals surface area contributed by atoms with E-state index < -0.39 is 0 Å². The summed E-state index contributed by atoms with van der Waals surface area (Å²) < 4.78 is 76.4. The van der Waals surface area contributed by atoms with Crippen LogP contribution in [0.15, 0.2) is 0 Å². The molecule has 320 valence electrons. The van der Waals surface area contributed by atoms with E-state index in [1.165, 1.54) is 44.9 Å². The van der Waals surface area contributed by atoms with Crippen LogP contribution < -0.4 is 0 Å². The first-order chi connectivity index (χ1) is 26.4. The molecule has 15 heteroatoms. The van der Waals surface area contributed by atoms with Crippen molar-refractivity contribution < 1.29 is 71.4 Å². The van der Waals surface area contributed by atoms with Gasteiger partial charge in [0.2, 0.25) is 0 Å². The number of rotatable bonds is 50. The van der Waals surface area contributed by atoms with Crippen LogP contribution in [0.1, 0.15) is 58.3 Å². The van der Waals surface area contributed by atoms with E-state index in [1.807, 2.05) is 0 Å². The highest BCUT2D eigenvalue weighted by atomic mass is 16.6. The van der Waals surface area contributed by atoms with Crippen molar-refractivity contribution in [1.82, 2.24) is 0 Å². The molecule has 0 aliphatic carbocycles. The Bertz CT molecular complexity index is 574. The van der Waals surface area contributed by atoms with Crippen LogP contribution >= 0.6 is 0 Å². The third-order valence-corrected chi connectivity index (χ3v) is 7.21. The molecule has 0 aliphatic rings. The monoisotopic (exact) mass is 775 g/mol. The Morgan fingerprint density at radius 2 is 0.377 bits per heavy atom. The highest BCUT2D eigenvalue weighted by molar-refractivity contribution is 4.46. The van der Waals surface area contributed by atoms with Crippen LogP contribution in [0.25, 0.3) is 0 Å². The van der Waals surface area contributed by atoms with Gasteiger partial charge in [-0.15, -0.1) is 0 Å². The Morgan fingerprint density at radius 1 is 0.208 bits per heavy atom. The minimum absolute atomic E-state index is 0.0246. The second-order valence-corrected chi connectivity index (χ2v) is 11.8. The van der Waals surface area contributed by atoms with Crippen LogP contribution in [0.4, 0.5) is 0 Å². The minimum atomic E-state index is 0.0246. The molecule has 0 aromatic rings. The summed E-state index contributed by atoms with van der Waals surface area (Å²) in [5, 5.41) is 8.59. The smallest absolute Gasteiger partial charge is 0.0701 e. The maximum atomic E-state index is 8.59. The van der Waals surface area contributed by atoms with E-state index >= 15 is 0 Å². The standard InChI is InChI=1S/C38H78O15/c1-2-3-4-5-6-7-8-9-11-40-13-15-42-17-19-44-21-23-46-25-27-48-29-31-50-33-35-52-37-38-53-36-34-51-32-30-49-28-26-47-24-22-45-20-18-43-16-14-41-12-10-39/h39H,2-38H2,1H3. The molecule has 0 bridgehead atoms. The van der Waals surface area contributed by atoms with Gasteiger partial charge in [-0.1, -0.05) is 51.9 Å². The number of aliphatic hydroxyl groups is 1. The fourth-order valence-corrected chi connectivity index (χ4v) is 4.36. The van der Waals surface area contributed by atoms with Gasteiger partial charge in [0, 0.05) is 6.61 Å². The Kier molecular flexibility index (Phi) is 50.8. The first-order valence-electron chi connectivity index (χ1n) is 20.1. The molecular weight excluding hydrogens is 696 g/mol. The van der Waals surface area contributed by atoms with Crippen LogP contribution in [0.5, 0.6) is 0 Å². The summed E-state index contributed by atoms with van der Waals surface area (Å²) in [6, 6.07) is 0. The summed E-state index contributed by atoms with van der Waals surface area (Å²) in [5.74, 6) is 0. The molecule has 0 aromatic carbocycles.